The van der Waals surface area contributed by atoms with E-state index in [0.29, 0.717) is 41.8 Å². The summed E-state index contributed by atoms with van der Waals surface area (Å²) in [5, 5.41) is 3.25. The molecule has 0 spiro atoms. The van der Waals surface area contributed by atoms with Crippen LogP contribution in [0.3, 0.4) is 0 Å². The van der Waals surface area contributed by atoms with Crippen LogP contribution in [0.2, 0.25) is 0 Å². The van der Waals surface area contributed by atoms with Crippen LogP contribution < -0.4 is 19.7 Å². The predicted molar refractivity (Wildman–Crippen MR) is 142 cm³/mol. The number of ether oxygens (including phenoxy) is 2. The van der Waals surface area contributed by atoms with Gasteiger partial charge in [-0.15, -0.1) is 0 Å². The minimum Gasteiger partial charge on any atom is -0.497 e. The number of methoxy groups -OCH3 is 1. The number of carbonyl (C=O) groups is 2. The molecule has 0 saturated carbocycles. The second kappa shape index (κ2) is 11.6. The normalized spacial score (nSPS) is 15.2. The van der Waals surface area contributed by atoms with Gasteiger partial charge in [0.15, 0.2) is 5.11 Å². The number of amides is 2. The molecule has 36 heavy (non-hydrogen) atoms. The summed E-state index contributed by atoms with van der Waals surface area (Å²) in [6.07, 6.45) is 4.08. The second-order valence-electron chi connectivity index (χ2n) is 8.18. The number of thiocarbonyl (C=S) groups is 1. The molecule has 3 aromatic rings. The van der Waals surface area contributed by atoms with Gasteiger partial charge in [-0.05, 0) is 91.8 Å². The standard InChI is InChI=1S/C27H28N4O4S/c1-3-35-23-8-4-20(5-9-23)29-25(32)18-24-26(33)31(21-6-10-22(34-2)11-7-21)27(36)30(24)17-14-19-12-15-28-16-13-19/h4-13,15-16,24H,3,14,17-18H2,1-2H3,(H,29,32)/t24-/m0/s1. The third-order valence-electron chi connectivity index (χ3n) is 5.87. The highest BCUT2D eigenvalue weighted by Gasteiger charge is 2.43. The van der Waals surface area contributed by atoms with Crippen molar-refractivity contribution in [3.8, 4) is 11.5 Å². The first-order valence-corrected chi connectivity index (χ1v) is 12.1. The van der Waals surface area contributed by atoms with Gasteiger partial charge in [0.05, 0.1) is 25.8 Å². The molecule has 1 atom stereocenters. The molecule has 1 saturated heterocycles. The summed E-state index contributed by atoms with van der Waals surface area (Å²) in [5.74, 6) is 0.897. The maximum absolute atomic E-state index is 13.6. The van der Waals surface area contributed by atoms with Crippen LogP contribution in [0.25, 0.3) is 0 Å². The second-order valence-corrected chi connectivity index (χ2v) is 8.54. The van der Waals surface area contributed by atoms with Gasteiger partial charge < -0.3 is 19.7 Å². The SMILES string of the molecule is CCOc1ccc(NC(=O)C[C@H]2C(=O)N(c3ccc(OC)cc3)C(=S)N2CCc2ccncc2)cc1. The van der Waals surface area contributed by atoms with Gasteiger partial charge in [0.1, 0.15) is 17.5 Å². The van der Waals surface area contributed by atoms with Crippen LogP contribution in [0.5, 0.6) is 11.5 Å². The molecule has 4 rings (SSSR count). The first-order valence-electron chi connectivity index (χ1n) is 11.7. The van der Waals surface area contributed by atoms with Crippen molar-refractivity contribution >= 4 is 40.5 Å². The highest BCUT2D eigenvalue weighted by atomic mass is 32.1. The molecule has 0 radical (unpaired) electrons. The van der Waals surface area contributed by atoms with E-state index in [4.69, 9.17) is 21.7 Å². The molecule has 0 bridgehead atoms. The largest absolute Gasteiger partial charge is 0.497 e. The monoisotopic (exact) mass is 504 g/mol. The van der Waals surface area contributed by atoms with E-state index in [1.54, 1.807) is 68.0 Å². The number of nitrogens with zero attached hydrogens (tertiary/aromatic N) is 3. The molecule has 2 aromatic carbocycles. The van der Waals surface area contributed by atoms with E-state index in [0.717, 1.165) is 11.3 Å². The van der Waals surface area contributed by atoms with Crippen molar-refractivity contribution in [2.24, 2.45) is 0 Å². The fourth-order valence-electron chi connectivity index (χ4n) is 4.04. The van der Waals surface area contributed by atoms with Crippen molar-refractivity contribution in [2.45, 2.75) is 25.8 Å². The molecule has 2 heterocycles. The Hall–Kier alpha value is -3.98. The maximum Gasteiger partial charge on any atom is 0.256 e. The van der Waals surface area contributed by atoms with Gasteiger partial charge in [0, 0.05) is 24.6 Å². The Kier molecular flexibility index (Phi) is 8.12. The van der Waals surface area contributed by atoms with E-state index in [1.165, 1.54) is 4.90 Å². The quantitative estimate of drug-likeness (QED) is 0.417. The van der Waals surface area contributed by atoms with Crippen molar-refractivity contribution in [1.82, 2.24) is 9.88 Å². The molecule has 1 aromatic heterocycles. The molecule has 1 aliphatic rings. The van der Waals surface area contributed by atoms with Gasteiger partial charge in [0.25, 0.3) is 5.91 Å². The summed E-state index contributed by atoms with van der Waals surface area (Å²) in [6.45, 7) is 2.96. The summed E-state index contributed by atoms with van der Waals surface area (Å²) in [7, 11) is 1.58. The van der Waals surface area contributed by atoms with Crippen molar-refractivity contribution < 1.29 is 19.1 Å². The van der Waals surface area contributed by atoms with Gasteiger partial charge in [-0.1, -0.05) is 0 Å². The number of rotatable bonds is 10. The number of anilines is 2. The fraction of sp³-hybridized carbons (Fsp3) is 0.259. The first kappa shape index (κ1) is 25.1. The summed E-state index contributed by atoms with van der Waals surface area (Å²) in [6, 6.07) is 17.4. The molecule has 0 unspecified atom stereocenters. The number of carbonyl (C=O) groups excluding carboxylic acids is 2. The Morgan fingerprint density at radius 1 is 1.03 bits per heavy atom. The third-order valence-corrected chi connectivity index (χ3v) is 6.28. The van der Waals surface area contributed by atoms with Gasteiger partial charge in [-0.25, -0.2) is 0 Å². The Morgan fingerprint density at radius 2 is 1.69 bits per heavy atom. The summed E-state index contributed by atoms with van der Waals surface area (Å²) >= 11 is 5.74. The lowest BCUT2D eigenvalue weighted by Gasteiger charge is -2.24. The first-order chi connectivity index (χ1) is 17.5. The van der Waals surface area contributed by atoms with E-state index in [2.05, 4.69) is 10.3 Å². The summed E-state index contributed by atoms with van der Waals surface area (Å²) < 4.78 is 10.7. The number of benzene rings is 2. The lowest BCUT2D eigenvalue weighted by Crippen LogP contribution is -2.39. The Labute approximate surface area is 215 Å². The third kappa shape index (κ3) is 5.80. The zero-order valence-electron chi connectivity index (χ0n) is 20.2. The van der Waals surface area contributed by atoms with Crippen molar-refractivity contribution in [1.29, 1.82) is 0 Å². The van der Waals surface area contributed by atoms with Crippen LogP contribution in [0, 0.1) is 0 Å². The van der Waals surface area contributed by atoms with Crippen molar-refractivity contribution in [2.75, 3.05) is 30.5 Å². The van der Waals surface area contributed by atoms with E-state index in [1.807, 2.05) is 24.0 Å². The van der Waals surface area contributed by atoms with Crippen molar-refractivity contribution in [3.05, 3.63) is 78.6 Å². The zero-order valence-corrected chi connectivity index (χ0v) is 21.0. The van der Waals surface area contributed by atoms with E-state index in [-0.39, 0.29) is 18.2 Å². The average Bonchev–Trinajstić information content (AvgIpc) is 3.13. The topological polar surface area (TPSA) is 84.0 Å². The molecular formula is C27H28N4O4S. The Morgan fingerprint density at radius 3 is 2.33 bits per heavy atom. The number of aromatic nitrogens is 1. The number of hydrogen-bond acceptors (Lipinski definition) is 6. The molecular weight excluding hydrogens is 476 g/mol. The summed E-state index contributed by atoms with van der Waals surface area (Å²) in [4.78, 5) is 33.9. The average molecular weight is 505 g/mol. The van der Waals surface area contributed by atoms with Crippen molar-refractivity contribution in [3.63, 3.8) is 0 Å². The molecule has 9 heteroatoms. The summed E-state index contributed by atoms with van der Waals surface area (Å²) in [5.41, 5.74) is 2.33. The molecule has 1 N–H and O–H groups in total. The molecule has 8 nitrogen and oxygen atoms in total. The lowest BCUT2D eigenvalue weighted by molar-refractivity contribution is -0.124. The van der Waals surface area contributed by atoms with Crippen LogP contribution in [0.4, 0.5) is 11.4 Å². The molecule has 1 aliphatic heterocycles. The highest BCUT2D eigenvalue weighted by Crippen LogP contribution is 2.29. The minimum absolute atomic E-state index is 0.0326. The van der Waals surface area contributed by atoms with E-state index in [9.17, 15) is 9.59 Å². The highest BCUT2D eigenvalue weighted by molar-refractivity contribution is 7.80. The van der Waals surface area contributed by atoms with E-state index < -0.39 is 6.04 Å². The van der Waals surface area contributed by atoms with Gasteiger partial charge in [0.2, 0.25) is 5.91 Å². The molecule has 1 fully saturated rings. The van der Waals surface area contributed by atoms with Crippen LogP contribution in [0.15, 0.2) is 73.1 Å². The van der Waals surface area contributed by atoms with Crippen LogP contribution in [-0.4, -0.2) is 53.1 Å². The molecule has 2 amide bonds. The Bertz CT molecular complexity index is 1200. The molecule has 186 valence electrons. The molecule has 0 aliphatic carbocycles. The lowest BCUT2D eigenvalue weighted by atomic mass is 10.1. The van der Waals surface area contributed by atoms with E-state index >= 15 is 0 Å². The fourth-order valence-corrected chi connectivity index (χ4v) is 4.46. The maximum atomic E-state index is 13.6. The zero-order chi connectivity index (χ0) is 25.5. The Balaban J connectivity index is 1.52. The van der Waals surface area contributed by atoms with Crippen LogP contribution in [0.1, 0.15) is 18.9 Å². The van der Waals surface area contributed by atoms with Gasteiger partial charge in [-0.3, -0.25) is 19.5 Å². The minimum atomic E-state index is -0.718. The number of pyridine rings is 1. The van der Waals surface area contributed by atoms with Crippen LogP contribution in [-0.2, 0) is 16.0 Å². The predicted octanol–water partition coefficient (Wildman–Crippen LogP) is 4.06. The van der Waals surface area contributed by atoms with Gasteiger partial charge >= 0.3 is 0 Å². The number of hydrogen-bond donors (Lipinski definition) is 1. The van der Waals surface area contributed by atoms with Gasteiger partial charge in [-0.2, -0.15) is 0 Å². The smallest absolute Gasteiger partial charge is 0.256 e. The van der Waals surface area contributed by atoms with Crippen LogP contribution >= 0.6 is 12.2 Å². The number of nitrogens with one attached hydrogen (secondary N) is 1.